The quantitative estimate of drug-likeness (QED) is 0.345. The van der Waals surface area contributed by atoms with Crippen molar-refractivity contribution in [3.05, 3.63) is 10.6 Å². The van der Waals surface area contributed by atoms with Gasteiger partial charge in [-0.3, -0.25) is 9.59 Å². The lowest BCUT2D eigenvalue weighted by Crippen LogP contribution is -2.63. The number of nitrogens with zero attached hydrogens (tertiary/aromatic N) is 1. The predicted octanol–water partition coefficient (Wildman–Crippen LogP) is -1.21. The van der Waals surface area contributed by atoms with Crippen LogP contribution >= 0.6 is 11.8 Å². The van der Waals surface area contributed by atoms with Crippen LogP contribution in [-0.4, -0.2) is 77.8 Å². The number of aliphatic hydroxyl groups excluding tert-OH is 1. The van der Waals surface area contributed by atoms with Gasteiger partial charge in [-0.1, -0.05) is 0 Å². The third-order valence-corrected chi connectivity index (χ3v) is 6.07. The van der Waals surface area contributed by atoms with Crippen LogP contribution in [0.15, 0.2) is 10.6 Å². The second kappa shape index (κ2) is 7.34. The Hall–Kier alpha value is -1.59. The molecule has 0 radical (unpaired) electrons. The van der Waals surface area contributed by atoms with E-state index in [1.54, 1.807) is 0 Å². The molecule has 2 rings (SSSR count). The van der Waals surface area contributed by atoms with Crippen molar-refractivity contribution in [3.63, 3.8) is 0 Å². The number of β-lactam (4-membered cyclic amide) rings is 1. The maximum absolute atomic E-state index is 12.3. The molecular formula is C14H20N2O7S2. The Bertz CT molecular complexity index is 731. The molecule has 2 amide bonds. The third-order valence-electron chi connectivity index (χ3n) is 4.01. The Morgan fingerprint density at radius 2 is 2.08 bits per heavy atom. The number of amides is 2. The minimum absolute atomic E-state index is 0.120. The van der Waals surface area contributed by atoms with Crippen LogP contribution in [0.1, 0.15) is 13.3 Å². The highest BCUT2D eigenvalue weighted by Crippen LogP contribution is 2.47. The van der Waals surface area contributed by atoms with Crippen molar-refractivity contribution < 1.29 is 33.0 Å². The molecule has 3 unspecified atom stereocenters. The first-order valence-electron chi connectivity index (χ1n) is 7.55. The maximum Gasteiger partial charge on any atom is 0.353 e. The molecule has 0 aliphatic carbocycles. The molecule has 3 N–H and O–H groups in total. The first-order valence-corrected chi connectivity index (χ1v) is 10.6. The van der Waals surface area contributed by atoms with E-state index in [2.05, 4.69) is 5.32 Å². The van der Waals surface area contributed by atoms with Gasteiger partial charge in [0.25, 0.3) is 0 Å². The molecule has 0 bridgehead atoms. The van der Waals surface area contributed by atoms with Gasteiger partial charge in [0.15, 0.2) is 0 Å². The molecule has 0 aromatic rings. The summed E-state index contributed by atoms with van der Waals surface area (Å²) in [5.74, 6) is -3.03. The highest BCUT2D eigenvalue weighted by atomic mass is 32.2. The summed E-state index contributed by atoms with van der Waals surface area (Å²) in [6.07, 6.45) is -0.137. The largest absolute Gasteiger partial charge is 0.477 e. The molecule has 2 heterocycles. The zero-order chi connectivity index (χ0) is 18.9. The Kier molecular flexibility index (Phi) is 5.79. The lowest BCUT2D eigenvalue weighted by Gasteiger charge is -2.45. The van der Waals surface area contributed by atoms with Crippen molar-refractivity contribution in [2.45, 2.75) is 25.5 Å². The van der Waals surface area contributed by atoms with Crippen molar-refractivity contribution in [1.82, 2.24) is 10.2 Å². The predicted molar refractivity (Wildman–Crippen MR) is 90.3 cm³/mol. The first kappa shape index (κ1) is 19.7. The van der Waals surface area contributed by atoms with Gasteiger partial charge >= 0.3 is 5.97 Å². The van der Waals surface area contributed by atoms with Crippen molar-refractivity contribution >= 4 is 39.4 Å². The van der Waals surface area contributed by atoms with Crippen molar-refractivity contribution in [2.24, 2.45) is 5.92 Å². The first-order chi connectivity index (χ1) is 11.5. The third kappa shape index (κ3) is 4.33. The van der Waals surface area contributed by atoms with Crippen molar-refractivity contribution in [3.8, 4) is 0 Å². The van der Waals surface area contributed by atoms with Gasteiger partial charge in [0.1, 0.15) is 15.5 Å². The molecule has 1 fully saturated rings. The average Bonchev–Trinajstić information content (AvgIpc) is 2.76. The van der Waals surface area contributed by atoms with Crippen LogP contribution in [0.2, 0.25) is 0 Å². The summed E-state index contributed by atoms with van der Waals surface area (Å²) < 4.78 is 22.6. The number of carboxylic acid groups (broad SMARTS) is 1. The van der Waals surface area contributed by atoms with Gasteiger partial charge in [-0.2, -0.15) is 0 Å². The van der Waals surface area contributed by atoms with Crippen LogP contribution in [0.25, 0.3) is 0 Å². The topological polar surface area (TPSA) is 141 Å². The smallest absolute Gasteiger partial charge is 0.353 e. The zero-order valence-corrected chi connectivity index (χ0v) is 15.4. The van der Waals surface area contributed by atoms with Gasteiger partial charge in [-0.15, -0.1) is 11.8 Å². The van der Waals surface area contributed by atoms with E-state index in [9.17, 15) is 33.0 Å². The van der Waals surface area contributed by atoms with Crippen LogP contribution in [-0.2, 0) is 24.2 Å². The molecular weight excluding hydrogens is 372 g/mol. The highest BCUT2D eigenvalue weighted by molar-refractivity contribution is 8.03. The van der Waals surface area contributed by atoms with Crippen molar-refractivity contribution in [2.75, 3.05) is 24.3 Å². The minimum Gasteiger partial charge on any atom is -0.477 e. The number of nitrogens with one attached hydrogen (secondary N) is 1. The Morgan fingerprint density at radius 3 is 2.60 bits per heavy atom. The molecule has 3 atom stereocenters. The van der Waals surface area contributed by atoms with Crippen molar-refractivity contribution in [1.29, 1.82) is 0 Å². The van der Waals surface area contributed by atoms with Gasteiger partial charge in [0, 0.05) is 36.8 Å². The van der Waals surface area contributed by atoms with Crippen LogP contribution in [0.5, 0.6) is 0 Å². The highest BCUT2D eigenvalue weighted by Gasteiger charge is 2.57. The van der Waals surface area contributed by atoms with Gasteiger partial charge < -0.3 is 20.4 Å². The second-order valence-electron chi connectivity index (χ2n) is 6.07. The lowest BCUT2D eigenvalue weighted by atomic mass is 9.83. The number of thioether (sulfide) groups is 1. The van der Waals surface area contributed by atoms with E-state index < -0.39 is 45.5 Å². The second-order valence-corrected chi connectivity index (χ2v) is 9.45. The number of sulfone groups is 1. The number of rotatable bonds is 8. The summed E-state index contributed by atoms with van der Waals surface area (Å²) in [6.45, 7) is 1.73. The summed E-state index contributed by atoms with van der Waals surface area (Å²) in [5, 5.41) is 22.0. The van der Waals surface area contributed by atoms with E-state index in [0.717, 1.165) is 11.2 Å². The number of aliphatic carboxylic acids is 1. The monoisotopic (exact) mass is 392 g/mol. The van der Waals surface area contributed by atoms with Gasteiger partial charge in [0.05, 0.1) is 23.8 Å². The number of carbonyl (C=O) groups excluding carboxylic acids is 2. The Balaban J connectivity index is 2.08. The summed E-state index contributed by atoms with van der Waals surface area (Å²) in [7, 11) is -3.46. The summed E-state index contributed by atoms with van der Waals surface area (Å²) >= 11 is 1.23. The average molecular weight is 392 g/mol. The molecule has 0 saturated carbocycles. The van der Waals surface area contributed by atoms with E-state index in [0.29, 0.717) is 17.2 Å². The van der Waals surface area contributed by atoms with Gasteiger partial charge in [-0.05, 0) is 0 Å². The minimum atomic E-state index is -3.46. The normalized spacial score (nSPS) is 24.0. The van der Waals surface area contributed by atoms with E-state index in [4.69, 9.17) is 0 Å². The van der Waals surface area contributed by atoms with Crippen LogP contribution < -0.4 is 5.32 Å². The molecule has 25 heavy (non-hydrogen) atoms. The number of hydrogen-bond donors (Lipinski definition) is 3. The van der Waals surface area contributed by atoms with Gasteiger partial charge in [-0.25, -0.2) is 13.2 Å². The number of aliphatic hydroxyl groups is 1. The number of carboxylic acids is 1. The molecule has 2 aliphatic heterocycles. The SMILES string of the molecule is CC(=O)NCCSC1=C(C(=O)O)N2C(=O)C(C(O)CS(C)(=O)=O)C2C1. The number of carbonyl (C=O) groups is 3. The Morgan fingerprint density at radius 1 is 1.44 bits per heavy atom. The molecule has 9 nitrogen and oxygen atoms in total. The fourth-order valence-electron chi connectivity index (χ4n) is 3.07. The molecule has 1 saturated heterocycles. The molecule has 0 aromatic heterocycles. The molecule has 140 valence electrons. The van der Waals surface area contributed by atoms with E-state index in [-0.39, 0.29) is 18.0 Å². The molecule has 0 spiro atoms. The molecule has 0 aromatic carbocycles. The molecule has 2 aliphatic rings. The zero-order valence-electron chi connectivity index (χ0n) is 13.8. The van der Waals surface area contributed by atoms with E-state index >= 15 is 0 Å². The molecule has 11 heteroatoms. The summed E-state index contributed by atoms with van der Waals surface area (Å²) in [4.78, 5) is 36.2. The fraction of sp³-hybridized carbons (Fsp3) is 0.643. The fourth-order valence-corrected chi connectivity index (χ4v) is 4.96. The van der Waals surface area contributed by atoms with Gasteiger partial charge in [0.2, 0.25) is 11.8 Å². The van der Waals surface area contributed by atoms with Crippen LogP contribution in [0.3, 0.4) is 0 Å². The summed E-state index contributed by atoms with van der Waals surface area (Å²) in [5.41, 5.74) is -0.120. The standard InChI is InChI=1S/C14H20N2O7S2/c1-7(17)15-3-4-24-10-5-8-11(9(18)6-25(2,22)23)13(19)16(8)12(10)14(20)21/h8-9,11,18H,3-6H2,1-2H3,(H,15,17)(H,20,21). The maximum atomic E-state index is 12.3. The van der Waals surface area contributed by atoms with Crippen LogP contribution in [0, 0.1) is 5.92 Å². The number of fused-ring (bicyclic) bond motifs is 1. The number of hydrogen-bond acceptors (Lipinski definition) is 7. The van der Waals surface area contributed by atoms with E-state index in [1.807, 2.05) is 0 Å². The lowest BCUT2D eigenvalue weighted by molar-refractivity contribution is -0.160. The summed E-state index contributed by atoms with van der Waals surface area (Å²) in [6, 6.07) is -0.543. The van der Waals surface area contributed by atoms with Crippen LogP contribution in [0.4, 0.5) is 0 Å². The van der Waals surface area contributed by atoms with E-state index in [1.165, 1.54) is 18.7 Å². The Labute approximate surface area is 149 Å².